The van der Waals surface area contributed by atoms with Crippen LogP contribution >= 0.6 is 0 Å². The third-order valence-corrected chi connectivity index (χ3v) is 3.07. The maximum Gasteiger partial charge on any atom is 0.361 e. The van der Waals surface area contributed by atoms with Gasteiger partial charge in [0.15, 0.2) is 0 Å². The molecule has 0 amide bonds. The molecule has 3 N–H and O–H groups in total. The molecule has 0 spiro atoms. The summed E-state index contributed by atoms with van der Waals surface area (Å²) in [6.45, 7) is 2.78. The summed E-state index contributed by atoms with van der Waals surface area (Å²) in [6.07, 6.45) is 0. The number of nitrogens with two attached hydrogens (primary N) is 1. The molecule has 0 aliphatic heterocycles. The molecule has 0 fully saturated rings. The Morgan fingerprint density at radius 1 is 0.950 bits per heavy atom. The zero-order chi connectivity index (χ0) is 14.8. The lowest BCUT2D eigenvalue weighted by Gasteiger charge is -2.15. The highest BCUT2D eigenvalue weighted by Crippen LogP contribution is 1.94. The van der Waals surface area contributed by atoms with Gasteiger partial charge in [0, 0.05) is 26.2 Å². The molecule has 0 aromatic heterocycles. The molecule has 2 aromatic rings. The van der Waals surface area contributed by atoms with Crippen molar-refractivity contribution in [2.75, 3.05) is 26.2 Å². The second-order valence-electron chi connectivity index (χ2n) is 4.57. The lowest BCUT2D eigenvalue weighted by atomic mass is 9.55. The zero-order valence-corrected chi connectivity index (χ0v) is 11.6. The Morgan fingerprint density at radius 3 is 2.10 bits per heavy atom. The van der Waals surface area contributed by atoms with Gasteiger partial charge in [0.2, 0.25) is 0 Å². The van der Waals surface area contributed by atoms with Crippen LogP contribution in [0.1, 0.15) is 0 Å². The van der Waals surface area contributed by atoms with Gasteiger partial charge in [-0.25, -0.2) is 0 Å². The summed E-state index contributed by atoms with van der Waals surface area (Å²) in [5, 5.41) is 3.24. The minimum atomic E-state index is -0.0384. The summed E-state index contributed by atoms with van der Waals surface area (Å²) in [6, 6.07) is 20.5. The van der Waals surface area contributed by atoms with Crippen molar-refractivity contribution in [3.05, 3.63) is 60.7 Å². The molecule has 0 atom stereocenters. The highest BCUT2D eigenvalue weighted by atomic mass is 16.4. The second kappa shape index (κ2) is 8.53. The Hall–Kier alpha value is -1.62. The quantitative estimate of drug-likeness (QED) is 0.511. The van der Waals surface area contributed by atoms with E-state index in [1.54, 1.807) is 0 Å². The maximum atomic E-state index is 6.85. The van der Waals surface area contributed by atoms with Crippen LogP contribution in [0.25, 0.3) is 0 Å². The van der Waals surface area contributed by atoms with E-state index in [4.69, 9.17) is 6.07 Å². The predicted octanol–water partition coefficient (Wildman–Crippen LogP) is 0.357. The van der Waals surface area contributed by atoms with Crippen molar-refractivity contribution in [1.82, 2.24) is 5.32 Å². The molecule has 0 aliphatic rings. The number of hydrogen-bond donors (Lipinski definition) is 2. The van der Waals surface area contributed by atoms with Gasteiger partial charge < -0.3 is 15.7 Å². The molecule has 4 heteroatoms. The van der Waals surface area contributed by atoms with Crippen LogP contribution in [-0.2, 0) is 4.65 Å². The molecule has 0 heterocycles. The van der Waals surface area contributed by atoms with Crippen molar-refractivity contribution >= 4 is 17.8 Å². The zero-order valence-electron chi connectivity index (χ0n) is 12.6. The summed E-state index contributed by atoms with van der Waals surface area (Å²) in [5.41, 5.74) is 4.69. The van der Waals surface area contributed by atoms with E-state index in [0.717, 1.165) is 24.0 Å². The van der Waals surface area contributed by atoms with Crippen LogP contribution < -0.4 is 22.0 Å². The van der Waals surface area contributed by atoms with Gasteiger partial charge in [-0.15, -0.1) is 0 Å². The van der Waals surface area contributed by atoms with Gasteiger partial charge in [-0.1, -0.05) is 60.7 Å². The first-order valence-corrected chi connectivity index (χ1v) is 6.98. The van der Waals surface area contributed by atoms with E-state index < -0.39 is 0 Å². The van der Waals surface area contributed by atoms with Gasteiger partial charge in [-0.05, 0) is 10.9 Å². The van der Waals surface area contributed by atoms with Crippen LogP contribution in [0.15, 0.2) is 60.7 Å². The van der Waals surface area contributed by atoms with Crippen LogP contribution in [-0.4, -0.2) is 33.2 Å². The first kappa shape index (κ1) is 13.4. The van der Waals surface area contributed by atoms with Gasteiger partial charge in [-0.2, -0.15) is 0 Å². The molecule has 0 radical (unpaired) electrons. The largest absolute Gasteiger partial charge is 0.426 e. The van der Waals surface area contributed by atoms with E-state index in [1.165, 1.54) is 0 Å². The number of hydrogen-bond acceptors (Lipinski definition) is 3. The third-order valence-electron chi connectivity index (χ3n) is 3.07. The molecule has 2 rings (SSSR count). The summed E-state index contributed by atoms with van der Waals surface area (Å²) in [4.78, 5) is 0. The van der Waals surface area contributed by atoms with E-state index >= 15 is 0 Å². The average molecular weight is 270 g/mol. The minimum absolute atomic E-state index is 0.0384. The van der Waals surface area contributed by atoms with Crippen LogP contribution in [0, 0.1) is 0 Å². The van der Waals surface area contributed by atoms with Gasteiger partial charge >= 0.3 is 6.92 Å². The summed E-state index contributed by atoms with van der Waals surface area (Å²) in [7, 11) is 0. The number of nitrogens with one attached hydrogen (secondary N) is 1. The van der Waals surface area contributed by atoms with Crippen LogP contribution in [0.4, 0.5) is 0 Å². The van der Waals surface area contributed by atoms with Crippen molar-refractivity contribution in [3.63, 3.8) is 0 Å². The van der Waals surface area contributed by atoms with Crippen molar-refractivity contribution < 1.29 is 6.07 Å². The van der Waals surface area contributed by atoms with E-state index in [2.05, 4.69) is 35.3 Å². The summed E-state index contributed by atoms with van der Waals surface area (Å²) in [5.74, 6) is 0. The molecule has 0 saturated carbocycles. The second-order valence-corrected chi connectivity index (χ2v) is 4.57. The molecule has 3 nitrogen and oxygen atoms in total. The van der Waals surface area contributed by atoms with E-state index in [9.17, 15) is 0 Å². The van der Waals surface area contributed by atoms with Gasteiger partial charge in [0.05, 0.1) is 0 Å². The van der Waals surface area contributed by atoms with Gasteiger partial charge in [0.1, 0.15) is 1.41 Å². The fourth-order valence-corrected chi connectivity index (χ4v) is 2.10. The summed E-state index contributed by atoms with van der Waals surface area (Å²) >= 11 is 0. The topological polar surface area (TPSA) is 47.3 Å². The number of rotatable bonds is 9. The maximum absolute atomic E-state index is 6.85. The van der Waals surface area contributed by atoms with Crippen LogP contribution in [0.2, 0.25) is 1.41 Å². The van der Waals surface area contributed by atoms with Crippen molar-refractivity contribution in [2.45, 2.75) is 0 Å². The SMILES string of the molecule is [3H]NCCNCCOB(c1ccccc1)c1ccccc1. The standard InChI is InChI=1S/C16H21BN2O/c18-11-12-19-13-14-20-17(15-7-3-1-4-8-15)16-9-5-2-6-10-16/h1-10,19H,11-14,18H2/i/hT. The molecule has 0 bridgehead atoms. The monoisotopic (exact) mass is 270 g/mol. The lowest BCUT2D eigenvalue weighted by molar-refractivity contribution is 0.329. The predicted molar refractivity (Wildman–Crippen MR) is 85.8 cm³/mol. The van der Waals surface area contributed by atoms with Crippen LogP contribution in [0.3, 0.4) is 0 Å². The lowest BCUT2D eigenvalue weighted by Crippen LogP contribution is -2.46. The van der Waals surface area contributed by atoms with E-state index in [0.29, 0.717) is 13.2 Å². The van der Waals surface area contributed by atoms with Gasteiger partial charge in [-0.3, -0.25) is 0 Å². The summed E-state index contributed by atoms with van der Waals surface area (Å²) < 4.78 is 12.9. The highest BCUT2D eigenvalue weighted by molar-refractivity contribution is 6.80. The highest BCUT2D eigenvalue weighted by Gasteiger charge is 2.20. The third kappa shape index (κ3) is 4.49. The molecule has 2 aromatic carbocycles. The molecular weight excluding hydrogens is 247 g/mol. The Balaban J connectivity index is 1.94. The minimum Gasteiger partial charge on any atom is -0.426 e. The Morgan fingerprint density at radius 2 is 1.55 bits per heavy atom. The molecule has 0 unspecified atom stereocenters. The van der Waals surface area contributed by atoms with Crippen molar-refractivity contribution in [3.8, 4) is 0 Å². The molecule has 0 aliphatic carbocycles. The number of benzene rings is 2. The Labute approximate surface area is 122 Å². The van der Waals surface area contributed by atoms with E-state index in [1.807, 2.05) is 36.4 Å². The van der Waals surface area contributed by atoms with Crippen molar-refractivity contribution in [2.24, 2.45) is 5.73 Å². The first-order chi connectivity index (χ1) is 10.4. The fraction of sp³-hybridized carbons (Fsp3) is 0.250. The molecule has 0 saturated heterocycles. The molecule has 20 heavy (non-hydrogen) atoms. The fourth-order valence-electron chi connectivity index (χ4n) is 2.10. The van der Waals surface area contributed by atoms with Crippen molar-refractivity contribution in [1.29, 1.82) is 0 Å². The molecule has 104 valence electrons. The van der Waals surface area contributed by atoms with Gasteiger partial charge in [0.25, 0.3) is 0 Å². The normalized spacial score (nSPS) is 11.1. The average Bonchev–Trinajstić information content (AvgIpc) is 2.56. The molecular formula is C16H21BN2O. The Kier molecular flexibility index (Phi) is 5.71. The van der Waals surface area contributed by atoms with Crippen LogP contribution in [0.5, 0.6) is 0 Å². The first-order valence-electron chi connectivity index (χ1n) is 7.48. The Bertz CT molecular complexity index is 459. The van der Waals surface area contributed by atoms with E-state index in [-0.39, 0.29) is 6.92 Å². The smallest absolute Gasteiger partial charge is 0.361 e.